The minimum Gasteiger partial charge on any atom is -0.490 e. The molecule has 0 spiro atoms. The van der Waals surface area contributed by atoms with Gasteiger partial charge in [-0.3, -0.25) is 14.9 Å². The van der Waals surface area contributed by atoms with Crippen LogP contribution in [0, 0.1) is 10.1 Å². The van der Waals surface area contributed by atoms with Crippen molar-refractivity contribution < 1.29 is 19.2 Å². The zero-order valence-electron chi connectivity index (χ0n) is 17.4. The van der Waals surface area contributed by atoms with Crippen LogP contribution in [0.3, 0.4) is 0 Å². The number of carbonyl (C=O) groups excluding carboxylic acids is 1. The lowest BCUT2D eigenvalue weighted by Gasteiger charge is -2.18. The van der Waals surface area contributed by atoms with Gasteiger partial charge in [-0.2, -0.15) is 0 Å². The number of benzene rings is 2. The molecular formula is C22H27N3O5. The Morgan fingerprint density at radius 3 is 2.47 bits per heavy atom. The van der Waals surface area contributed by atoms with Gasteiger partial charge in [-0.25, -0.2) is 0 Å². The molecule has 0 aliphatic heterocycles. The van der Waals surface area contributed by atoms with Gasteiger partial charge in [-0.1, -0.05) is 6.07 Å². The third-order valence-electron chi connectivity index (χ3n) is 4.81. The van der Waals surface area contributed by atoms with E-state index >= 15 is 0 Å². The van der Waals surface area contributed by atoms with Gasteiger partial charge in [-0.15, -0.1) is 0 Å². The molecule has 0 unspecified atom stereocenters. The summed E-state index contributed by atoms with van der Waals surface area (Å²) < 4.78 is 11.2. The first-order chi connectivity index (χ1) is 14.4. The predicted molar refractivity (Wildman–Crippen MR) is 114 cm³/mol. The number of anilines is 1. The Hall–Kier alpha value is -3.29. The van der Waals surface area contributed by atoms with Gasteiger partial charge in [0.25, 0.3) is 11.6 Å². The molecule has 1 saturated carbocycles. The highest BCUT2D eigenvalue weighted by molar-refractivity contribution is 5.96. The van der Waals surface area contributed by atoms with Gasteiger partial charge < -0.3 is 20.1 Å². The highest BCUT2D eigenvalue weighted by Crippen LogP contribution is 2.33. The highest BCUT2D eigenvalue weighted by atomic mass is 16.6. The van der Waals surface area contributed by atoms with E-state index in [2.05, 4.69) is 10.6 Å². The summed E-state index contributed by atoms with van der Waals surface area (Å²) in [5, 5.41) is 17.5. The number of nitrogens with zero attached hydrogens (tertiary/aromatic N) is 1. The van der Waals surface area contributed by atoms with E-state index in [0.717, 1.165) is 18.4 Å². The predicted octanol–water partition coefficient (Wildman–Crippen LogP) is 4.46. The van der Waals surface area contributed by atoms with E-state index < -0.39 is 4.92 Å². The van der Waals surface area contributed by atoms with Crippen LogP contribution in [0.15, 0.2) is 36.4 Å². The maximum Gasteiger partial charge on any atom is 0.293 e. The third kappa shape index (κ3) is 5.20. The molecule has 8 heteroatoms. The second-order valence-electron chi connectivity index (χ2n) is 7.17. The number of amides is 1. The molecule has 1 aliphatic carbocycles. The number of hydrogen-bond acceptors (Lipinski definition) is 6. The van der Waals surface area contributed by atoms with Gasteiger partial charge in [0, 0.05) is 17.7 Å². The fraction of sp³-hybridized carbons (Fsp3) is 0.409. The number of hydrogen-bond donors (Lipinski definition) is 2. The van der Waals surface area contributed by atoms with Crippen LogP contribution in [0.25, 0.3) is 0 Å². The number of nitro benzene ring substituents is 1. The molecule has 2 aromatic rings. The fourth-order valence-electron chi connectivity index (χ4n) is 3.09. The molecule has 2 N–H and O–H groups in total. The van der Waals surface area contributed by atoms with Crippen molar-refractivity contribution in [3.8, 4) is 11.5 Å². The second kappa shape index (κ2) is 9.47. The number of ether oxygens (including phenoxy) is 2. The zero-order chi connectivity index (χ0) is 21.7. The van der Waals surface area contributed by atoms with E-state index in [1.807, 2.05) is 39.0 Å². The average Bonchev–Trinajstić information content (AvgIpc) is 3.53. The van der Waals surface area contributed by atoms with E-state index in [0.29, 0.717) is 30.4 Å². The topological polar surface area (TPSA) is 103 Å². The number of nitro groups is 1. The Morgan fingerprint density at radius 1 is 1.13 bits per heavy atom. The average molecular weight is 413 g/mol. The molecule has 30 heavy (non-hydrogen) atoms. The Kier molecular flexibility index (Phi) is 6.76. The monoisotopic (exact) mass is 413 g/mol. The van der Waals surface area contributed by atoms with E-state index in [-0.39, 0.29) is 29.2 Å². The maximum atomic E-state index is 12.7. The highest BCUT2D eigenvalue weighted by Gasteiger charge is 2.26. The molecule has 0 bridgehead atoms. The summed E-state index contributed by atoms with van der Waals surface area (Å²) in [5.41, 5.74) is 1.43. The van der Waals surface area contributed by atoms with Crippen LogP contribution >= 0.6 is 0 Å². The minimum atomic E-state index is -0.467. The van der Waals surface area contributed by atoms with E-state index in [1.165, 1.54) is 6.07 Å². The van der Waals surface area contributed by atoms with Crippen LogP contribution in [-0.4, -0.2) is 30.1 Å². The second-order valence-corrected chi connectivity index (χ2v) is 7.17. The van der Waals surface area contributed by atoms with E-state index in [4.69, 9.17) is 9.47 Å². The minimum absolute atomic E-state index is 0.0955. The zero-order valence-corrected chi connectivity index (χ0v) is 17.4. The van der Waals surface area contributed by atoms with Crippen molar-refractivity contribution in [2.24, 2.45) is 0 Å². The first kappa shape index (κ1) is 21.4. The molecule has 1 aliphatic rings. The Balaban J connectivity index is 1.75. The van der Waals surface area contributed by atoms with Gasteiger partial charge >= 0.3 is 0 Å². The van der Waals surface area contributed by atoms with Crippen molar-refractivity contribution in [2.75, 3.05) is 18.5 Å². The van der Waals surface area contributed by atoms with Crippen molar-refractivity contribution in [1.29, 1.82) is 0 Å². The van der Waals surface area contributed by atoms with Crippen LogP contribution < -0.4 is 20.1 Å². The van der Waals surface area contributed by atoms with Crippen LogP contribution in [-0.2, 0) is 0 Å². The molecule has 8 nitrogen and oxygen atoms in total. The van der Waals surface area contributed by atoms with Gasteiger partial charge in [0.1, 0.15) is 5.69 Å². The van der Waals surface area contributed by atoms with Crippen molar-refractivity contribution in [3.63, 3.8) is 0 Å². The fourth-order valence-corrected chi connectivity index (χ4v) is 3.09. The molecule has 0 radical (unpaired) electrons. The van der Waals surface area contributed by atoms with E-state index in [1.54, 1.807) is 12.1 Å². The van der Waals surface area contributed by atoms with Crippen molar-refractivity contribution in [2.45, 2.75) is 45.7 Å². The van der Waals surface area contributed by atoms with Crippen LogP contribution in [0.5, 0.6) is 11.5 Å². The lowest BCUT2D eigenvalue weighted by Crippen LogP contribution is -2.26. The number of rotatable bonds is 10. The molecular weight excluding hydrogens is 386 g/mol. The van der Waals surface area contributed by atoms with Crippen LogP contribution in [0.2, 0.25) is 0 Å². The standard InChI is InChI=1S/C22H27N3O5/c1-4-29-20-11-7-15(13-21(20)30-5-2)14(3)23-22(26)16-6-10-18(24-17-8-9-17)19(12-16)25(27)28/h6-7,10-14,17,24H,4-5,8-9H2,1-3H3,(H,23,26)/t14-/m0/s1. The summed E-state index contributed by atoms with van der Waals surface area (Å²) in [6.07, 6.45) is 2.01. The van der Waals surface area contributed by atoms with Crippen LogP contribution in [0.4, 0.5) is 11.4 Å². The summed E-state index contributed by atoms with van der Waals surface area (Å²) in [6, 6.07) is 9.99. The normalized spacial score (nSPS) is 14.0. The van der Waals surface area contributed by atoms with Gasteiger partial charge in [0.2, 0.25) is 0 Å². The smallest absolute Gasteiger partial charge is 0.293 e. The Bertz CT molecular complexity index is 927. The molecule has 0 heterocycles. The molecule has 0 saturated heterocycles. The number of carbonyl (C=O) groups is 1. The van der Waals surface area contributed by atoms with Crippen molar-refractivity contribution >= 4 is 17.3 Å². The first-order valence-electron chi connectivity index (χ1n) is 10.2. The molecule has 1 fully saturated rings. The SMILES string of the molecule is CCOc1ccc([C@H](C)NC(=O)c2ccc(NC3CC3)c([N+](=O)[O-])c2)cc1OCC. The number of nitrogens with one attached hydrogen (secondary N) is 2. The summed E-state index contributed by atoms with van der Waals surface area (Å²) in [5.74, 6) is 0.885. The summed E-state index contributed by atoms with van der Waals surface area (Å²) >= 11 is 0. The maximum absolute atomic E-state index is 12.7. The largest absolute Gasteiger partial charge is 0.490 e. The van der Waals surface area contributed by atoms with Gasteiger partial charge in [0.05, 0.1) is 24.2 Å². The van der Waals surface area contributed by atoms with Crippen molar-refractivity contribution in [3.05, 3.63) is 57.6 Å². The quantitative estimate of drug-likeness (QED) is 0.440. The first-order valence-corrected chi connectivity index (χ1v) is 10.2. The lowest BCUT2D eigenvalue weighted by molar-refractivity contribution is -0.384. The summed E-state index contributed by atoms with van der Waals surface area (Å²) in [4.78, 5) is 23.7. The molecule has 3 rings (SSSR count). The Labute approximate surface area is 175 Å². The molecule has 1 atom stereocenters. The molecule has 2 aromatic carbocycles. The molecule has 160 valence electrons. The molecule has 1 amide bonds. The van der Waals surface area contributed by atoms with Gasteiger partial charge in [0.15, 0.2) is 11.5 Å². The van der Waals surface area contributed by atoms with Crippen molar-refractivity contribution in [1.82, 2.24) is 5.32 Å². The summed E-state index contributed by atoms with van der Waals surface area (Å²) in [6.45, 7) is 6.66. The summed E-state index contributed by atoms with van der Waals surface area (Å²) in [7, 11) is 0. The Morgan fingerprint density at radius 2 is 1.83 bits per heavy atom. The van der Waals surface area contributed by atoms with Gasteiger partial charge in [-0.05, 0) is 63.4 Å². The van der Waals surface area contributed by atoms with Crippen LogP contribution in [0.1, 0.15) is 55.6 Å². The third-order valence-corrected chi connectivity index (χ3v) is 4.81. The lowest BCUT2D eigenvalue weighted by atomic mass is 10.1. The van der Waals surface area contributed by atoms with E-state index in [9.17, 15) is 14.9 Å². The molecule has 0 aromatic heterocycles.